The molecule has 2 N–H and O–H groups in total. The topological polar surface area (TPSA) is 57.5 Å². The lowest BCUT2D eigenvalue weighted by atomic mass is 10.1. The van der Waals surface area contributed by atoms with E-state index in [9.17, 15) is 0 Å². The van der Waals surface area contributed by atoms with Crippen molar-refractivity contribution >= 4 is 5.96 Å². The van der Waals surface area contributed by atoms with Crippen molar-refractivity contribution in [3.63, 3.8) is 0 Å². The predicted molar refractivity (Wildman–Crippen MR) is 101 cm³/mol. The van der Waals surface area contributed by atoms with E-state index in [-0.39, 0.29) is 0 Å². The van der Waals surface area contributed by atoms with Crippen molar-refractivity contribution in [1.82, 2.24) is 25.3 Å². The number of nitrogens with zero attached hydrogens (tertiary/aromatic N) is 4. The smallest absolute Gasteiger partial charge is 0.191 e. The van der Waals surface area contributed by atoms with Crippen LogP contribution in [0.3, 0.4) is 0 Å². The standard InChI is InChI=1S/C18H34N6/c1-5-19-18(21-13-17-8-11-23(6-2)14-17)20-9-7-10-24-16(4)12-15(3)22-24/h12,17H,5-11,13-14H2,1-4H3,(H2,19,20,21). The highest BCUT2D eigenvalue weighted by molar-refractivity contribution is 5.79. The molecule has 1 fully saturated rings. The molecule has 1 unspecified atom stereocenters. The summed E-state index contributed by atoms with van der Waals surface area (Å²) in [6.07, 6.45) is 2.31. The van der Waals surface area contributed by atoms with Crippen LogP contribution in [0.5, 0.6) is 0 Å². The van der Waals surface area contributed by atoms with E-state index in [2.05, 4.69) is 52.2 Å². The van der Waals surface area contributed by atoms with Crippen LogP contribution in [-0.4, -0.2) is 59.9 Å². The third kappa shape index (κ3) is 5.82. The van der Waals surface area contributed by atoms with Crippen LogP contribution in [0.2, 0.25) is 0 Å². The normalized spacial score (nSPS) is 19.0. The van der Waals surface area contributed by atoms with Crippen LogP contribution in [-0.2, 0) is 6.54 Å². The van der Waals surface area contributed by atoms with Gasteiger partial charge in [0.15, 0.2) is 5.96 Å². The monoisotopic (exact) mass is 334 g/mol. The first-order chi connectivity index (χ1) is 11.6. The molecule has 1 aromatic rings. The lowest BCUT2D eigenvalue weighted by Gasteiger charge is -2.14. The lowest BCUT2D eigenvalue weighted by Crippen LogP contribution is -2.38. The van der Waals surface area contributed by atoms with E-state index in [1.54, 1.807) is 0 Å². The minimum Gasteiger partial charge on any atom is -0.357 e. The van der Waals surface area contributed by atoms with Gasteiger partial charge in [-0.15, -0.1) is 0 Å². The molecule has 6 heteroatoms. The molecular formula is C18H34N6. The van der Waals surface area contributed by atoms with Crippen LogP contribution >= 0.6 is 0 Å². The molecule has 0 aromatic carbocycles. The summed E-state index contributed by atoms with van der Waals surface area (Å²) < 4.78 is 2.08. The number of likely N-dealkylation sites (tertiary alicyclic amines) is 1. The van der Waals surface area contributed by atoms with Crippen molar-refractivity contribution in [2.75, 3.05) is 39.3 Å². The van der Waals surface area contributed by atoms with Crippen LogP contribution in [0.1, 0.15) is 38.1 Å². The fraction of sp³-hybridized carbons (Fsp3) is 0.778. The Morgan fingerprint density at radius 2 is 2.17 bits per heavy atom. The van der Waals surface area contributed by atoms with Gasteiger partial charge in [-0.25, -0.2) is 0 Å². The molecule has 2 heterocycles. The lowest BCUT2D eigenvalue weighted by molar-refractivity contribution is 0.343. The van der Waals surface area contributed by atoms with Gasteiger partial charge in [0.2, 0.25) is 0 Å². The molecule has 0 saturated carbocycles. The molecule has 1 aromatic heterocycles. The van der Waals surface area contributed by atoms with Crippen LogP contribution in [0, 0.1) is 19.8 Å². The Bertz CT molecular complexity index is 522. The zero-order chi connectivity index (χ0) is 17.4. The highest BCUT2D eigenvalue weighted by Gasteiger charge is 2.20. The molecule has 0 spiro atoms. The van der Waals surface area contributed by atoms with Crippen LogP contribution in [0.4, 0.5) is 0 Å². The maximum absolute atomic E-state index is 4.78. The second-order valence-corrected chi connectivity index (χ2v) is 6.70. The Hall–Kier alpha value is -1.56. The van der Waals surface area contributed by atoms with Gasteiger partial charge in [-0.1, -0.05) is 6.92 Å². The number of rotatable bonds is 8. The average molecular weight is 335 g/mol. The Balaban J connectivity index is 1.72. The van der Waals surface area contributed by atoms with Crippen molar-refractivity contribution in [1.29, 1.82) is 0 Å². The van der Waals surface area contributed by atoms with Gasteiger partial charge in [-0.3, -0.25) is 9.67 Å². The van der Waals surface area contributed by atoms with Crippen molar-refractivity contribution in [3.05, 3.63) is 17.5 Å². The van der Waals surface area contributed by atoms with Crippen molar-refractivity contribution < 1.29 is 0 Å². The third-order valence-electron chi connectivity index (χ3n) is 4.61. The molecule has 136 valence electrons. The van der Waals surface area contributed by atoms with Gasteiger partial charge in [0, 0.05) is 38.4 Å². The average Bonchev–Trinajstić information content (AvgIpc) is 3.15. The van der Waals surface area contributed by atoms with E-state index in [0.717, 1.165) is 50.8 Å². The summed E-state index contributed by atoms with van der Waals surface area (Å²) in [5.74, 6) is 1.65. The van der Waals surface area contributed by atoms with Gasteiger partial charge in [-0.2, -0.15) is 5.10 Å². The summed E-state index contributed by atoms with van der Waals surface area (Å²) in [6, 6.07) is 2.13. The van der Waals surface area contributed by atoms with Gasteiger partial charge < -0.3 is 15.5 Å². The minimum atomic E-state index is 0.704. The Morgan fingerprint density at radius 3 is 2.79 bits per heavy atom. The summed E-state index contributed by atoms with van der Waals surface area (Å²) >= 11 is 0. The van der Waals surface area contributed by atoms with Gasteiger partial charge in [-0.05, 0) is 58.7 Å². The van der Waals surface area contributed by atoms with E-state index in [1.807, 2.05) is 6.92 Å². The maximum atomic E-state index is 4.78. The zero-order valence-corrected chi connectivity index (χ0v) is 15.8. The van der Waals surface area contributed by atoms with E-state index in [0.29, 0.717) is 5.92 Å². The highest BCUT2D eigenvalue weighted by Crippen LogP contribution is 2.15. The molecule has 1 aliphatic heterocycles. The summed E-state index contributed by atoms with van der Waals surface area (Å²) in [5, 5.41) is 11.3. The summed E-state index contributed by atoms with van der Waals surface area (Å²) in [7, 11) is 0. The quantitative estimate of drug-likeness (QED) is 0.432. The predicted octanol–water partition coefficient (Wildman–Crippen LogP) is 1.79. The largest absolute Gasteiger partial charge is 0.357 e. The number of aliphatic imine (C=N–C) groups is 1. The van der Waals surface area contributed by atoms with Gasteiger partial charge >= 0.3 is 0 Å². The number of hydrogen-bond acceptors (Lipinski definition) is 3. The van der Waals surface area contributed by atoms with Crippen LogP contribution < -0.4 is 10.6 Å². The summed E-state index contributed by atoms with van der Waals surface area (Å²) in [6.45, 7) is 15.8. The highest BCUT2D eigenvalue weighted by atomic mass is 15.3. The number of guanidine groups is 1. The molecular weight excluding hydrogens is 300 g/mol. The van der Waals surface area contributed by atoms with Crippen molar-refractivity contribution in [2.45, 2.75) is 47.1 Å². The van der Waals surface area contributed by atoms with Gasteiger partial charge in [0.05, 0.1) is 5.69 Å². The van der Waals surface area contributed by atoms with Crippen LogP contribution in [0.25, 0.3) is 0 Å². The fourth-order valence-electron chi connectivity index (χ4n) is 3.25. The summed E-state index contributed by atoms with van der Waals surface area (Å²) in [5.41, 5.74) is 2.32. The first-order valence-corrected chi connectivity index (χ1v) is 9.38. The Labute approximate surface area is 146 Å². The van der Waals surface area contributed by atoms with E-state index < -0.39 is 0 Å². The van der Waals surface area contributed by atoms with Crippen LogP contribution in [0.15, 0.2) is 11.1 Å². The SMILES string of the molecule is CCNC(=NCC1CCN(CC)C1)NCCCn1nc(C)cc1C. The number of aromatic nitrogens is 2. The maximum Gasteiger partial charge on any atom is 0.191 e. The fourth-order valence-corrected chi connectivity index (χ4v) is 3.25. The molecule has 24 heavy (non-hydrogen) atoms. The molecule has 6 nitrogen and oxygen atoms in total. The summed E-state index contributed by atoms with van der Waals surface area (Å²) in [4.78, 5) is 7.28. The zero-order valence-electron chi connectivity index (χ0n) is 15.8. The molecule has 1 aliphatic rings. The van der Waals surface area contributed by atoms with Gasteiger partial charge in [0.25, 0.3) is 0 Å². The van der Waals surface area contributed by atoms with Crippen molar-refractivity contribution in [3.8, 4) is 0 Å². The molecule has 1 atom stereocenters. The molecule has 0 bridgehead atoms. The minimum absolute atomic E-state index is 0.704. The Kier molecular flexibility index (Phi) is 7.56. The van der Waals surface area contributed by atoms with Gasteiger partial charge in [0.1, 0.15) is 0 Å². The number of hydrogen-bond donors (Lipinski definition) is 2. The second-order valence-electron chi connectivity index (χ2n) is 6.70. The molecule has 0 radical (unpaired) electrons. The molecule has 0 aliphatic carbocycles. The first-order valence-electron chi connectivity index (χ1n) is 9.38. The Morgan fingerprint density at radius 1 is 1.33 bits per heavy atom. The number of aryl methyl sites for hydroxylation is 3. The molecule has 1 saturated heterocycles. The third-order valence-corrected chi connectivity index (χ3v) is 4.61. The second kappa shape index (κ2) is 9.67. The van der Waals surface area contributed by atoms with E-state index >= 15 is 0 Å². The number of nitrogens with one attached hydrogen (secondary N) is 2. The molecule has 2 rings (SSSR count). The van der Waals surface area contributed by atoms with Crippen molar-refractivity contribution in [2.24, 2.45) is 10.9 Å². The first kappa shape index (κ1) is 18.8. The van der Waals surface area contributed by atoms with E-state index in [1.165, 1.54) is 25.2 Å². The van der Waals surface area contributed by atoms with E-state index in [4.69, 9.17) is 4.99 Å². The molecule has 0 amide bonds.